The van der Waals surface area contributed by atoms with Crippen molar-refractivity contribution in [3.05, 3.63) is 107 Å². The molecule has 0 aliphatic rings. The van der Waals surface area contributed by atoms with Gasteiger partial charge in [0.2, 0.25) is 5.75 Å². The average molecular weight is 1210 g/mol. The first kappa shape index (κ1) is 73.8. The Morgan fingerprint density at radius 1 is 0.356 bits per heavy atom. The highest BCUT2D eigenvalue weighted by atomic mass is 16.6. The number of amides is 1. The van der Waals surface area contributed by atoms with Crippen LogP contribution in [0, 0.1) is 0 Å². The predicted molar refractivity (Wildman–Crippen MR) is 351 cm³/mol. The molecule has 87 heavy (non-hydrogen) atoms. The van der Waals surface area contributed by atoms with Crippen LogP contribution in [-0.4, -0.2) is 84.6 Å². The smallest absolute Gasteiger partial charge is 0.407 e. The van der Waals surface area contributed by atoms with Crippen molar-refractivity contribution < 1.29 is 57.0 Å². The summed E-state index contributed by atoms with van der Waals surface area (Å²) < 4.78 is 60.2. The lowest BCUT2D eigenvalue weighted by Gasteiger charge is -2.19. The molecular formula is C73H114N2O12. The molecule has 0 spiro atoms. The van der Waals surface area contributed by atoms with Gasteiger partial charge >= 0.3 is 12.1 Å². The lowest BCUT2D eigenvalue weighted by Crippen LogP contribution is -2.30. The standard InChI is InChI=1S/C73H114N2O12/c1-4-7-10-13-16-19-22-25-28-31-48-80-66-40-34-62(35-41-66)59-85-69-57-65(72(76)83-55-53-78-51-52-79-54-56-84-73(77)75-47-46-74)58-70(86-60-63-36-42-67(43-37-63)81-49-32-29-26-23-20-17-14-11-8-5-2)71(69)87-61-64-38-44-68(45-39-64)82-50-33-30-27-24-21-18-15-12-9-6-3/h34-45,57-58H,4-33,46-56,59-61,74H2,1-3H3,(H,75,77). The van der Waals surface area contributed by atoms with Crippen LogP contribution in [0.2, 0.25) is 0 Å². The highest BCUT2D eigenvalue weighted by Crippen LogP contribution is 2.41. The topological polar surface area (TPSA) is 164 Å². The number of hydrogen-bond acceptors (Lipinski definition) is 13. The molecule has 0 aromatic heterocycles. The molecule has 0 bridgehead atoms. The van der Waals surface area contributed by atoms with E-state index in [1.165, 1.54) is 173 Å². The zero-order valence-corrected chi connectivity index (χ0v) is 54.2. The van der Waals surface area contributed by atoms with Crippen molar-refractivity contribution in [3.63, 3.8) is 0 Å². The third kappa shape index (κ3) is 37.0. The second kappa shape index (κ2) is 51.2. The molecule has 1 amide bonds. The van der Waals surface area contributed by atoms with Crippen LogP contribution in [0.5, 0.6) is 34.5 Å². The molecule has 0 saturated carbocycles. The van der Waals surface area contributed by atoms with Gasteiger partial charge in [0.15, 0.2) is 11.5 Å². The van der Waals surface area contributed by atoms with Crippen LogP contribution in [-0.2, 0) is 38.8 Å². The van der Waals surface area contributed by atoms with E-state index in [4.69, 9.17) is 53.1 Å². The van der Waals surface area contributed by atoms with Gasteiger partial charge in [0.1, 0.15) is 50.3 Å². The first-order valence-corrected chi connectivity index (χ1v) is 34.1. The minimum Gasteiger partial charge on any atom is -0.494 e. The van der Waals surface area contributed by atoms with Crippen molar-refractivity contribution in [2.75, 3.05) is 72.6 Å². The van der Waals surface area contributed by atoms with Crippen molar-refractivity contribution in [2.45, 2.75) is 233 Å². The molecule has 4 aromatic rings. The van der Waals surface area contributed by atoms with Crippen LogP contribution in [0.3, 0.4) is 0 Å². The molecular weight excluding hydrogens is 1100 g/mol. The minimum atomic E-state index is -0.581. The lowest BCUT2D eigenvalue weighted by atomic mass is 10.1. The van der Waals surface area contributed by atoms with Crippen LogP contribution in [0.15, 0.2) is 84.9 Å². The van der Waals surface area contributed by atoms with Gasteiger partial charge in [0.05, 0.1) is 51.8 Å². The van der Waals surface area contributed by atoms with E-state index in [9.17, 15) is 9.59 Å². The third-order valence-electron chi connectivity index (χ3n) is 15.2. The monoisotopic (exact) mass is 1210 g/mol. The Labute approximate surface area is 525 Å². The Hall–Kier alpha value is -5.70. The Bertz CT molecular complexity index is 2180. The first-order chi connectivity index (χ1) is 42.9. The van der Waals surface area contributed by atoms with Gasteiger partial charge in [-0.15, -0.1) is 0 Å². The zero-order valence-electron chi connectivity index (χ0n) is 54.2. The van der Waals surface area contributed by atoms with E-state index in [-0.39, 0.29) is 65.0 Å². The molecule has 4 rings (SSSR count). The van der Waals surface area contributed by atoms with Crippen LogP contribution < -0.4 is 39.5 Å². The summed E-state index contributed by atoms with van der Waals surface area (Å²) >= 11 is 0. The van der Waals surface area contributed by atoms with E-state index < -0.39 is 12.1 Å². The second-order valence-electron chi connectivity index (χ2n) is 22.9. The third-order valence-corrected chi connectivity index (χ3v) is 15.2. The Morgan fingerprint density at radius 3 is 1.01 bits per heavy atom. The average Bonchev–Trinajstić information content (AvgIpc) is 3.69. The maximum Gasteiger partial charge on any atom is 0.407 e. The number of esters is 1. The highest BCUT2D eigenvalue weighted by molar-refractivity contribution is 5.91. The lowest BCUT2D eigenvalue weighted by molar-refractivity contribution is 0.00735. The number of alkyl carbamates (subject to hydrolysis) is 1. The van der Waals surface area contributed by atoms with Crippen LogP contribution >= 0.6 is 0 Å². The van der Waals surface area contributed by atoms with Gasteiger partial charge in [-0.05, 0) is 84.5 Å². The maximum atomic E-state index is 13.9. The molecule has 0 aliphatic carbocycles. The quantitative estimate of drug-likeness (QED) is 0.0317. The second-order valence-corrected chi connectivity index (χ2v) is 22.9. The maximum absolute atomic E-state index is 13.9. The molecule has 0 unspecified atom stereocenters. The summed E-state index contributed by atoms with van der Waals surface area (Å²) in [5.41, 5.74) is 8.38. The number of nitrogens with one attached hydrogen (secondary N) is 1. The van der Waals surface area contributed by atoms with Gasteiger partial charge in [0.25, 0.3) is 0 Å². The van der Waals surface area contributed by atoms with E-state index in [0.29, 0.717) is 50.2 Å². The molecule has 3 N–H and O–H groups in total. The molecule has 4 aromatic carbocycles. The van der Waals surface area contributed by atoms with E-state index in [1.54, 1.807) is 12.1 Å². The largest absolute Gasteiger partial charge is 0.494 e. The normalized spacial score (nSPS) is 11.1. The Balaban J connectivity index is 1.43. The van der Waals surface area contributed by atoms with Gasteiger partial charge < -0.3 is 58.4 Å². The number of carbonyl (C=O) groups is 2. The molecule has 14 nitrogen and oxygen atoms in total. The van der Waals surface area contributed by atoms with Gasteiger partial charge in [0, 0.05) is 13.1 Å². The molecule has 488 valence electrons. The SMILES string of the molecule is CCCCCCCCCCCCOc1ccc(COc2cc(C(=O)OCCOCCOCCOC(=O)NCCN)cc(OCc3ccc(OCCCCCCCCCCCC)cc3)c2OCc2ccc(OCCCCCCCCCCCC)cc2)cc1. The summed E-state index contributed by atoms with van der Waals surface area (Å²) in [4.78, 5) is 25.5. The number of hydrogen-bond donors (Lipinski definition) is 2. The molecule has 0 saturated heterocycles. The van der Waals surface area contributed by atoms with Crippen molar-refractivity contribution >= 4 is 12.1 Å². The van der Waals surface area contributed by atoms with Crippen molar-refractivity contribution in [3.8, 4) is 34.5 Å². The number of rotatable bonds is 57. The fourth-order valence-corrected chi connectivity index (χ4v) is 9.93. The Kier molecular flexibility index (Phi) is 43.4. The van der Waals surface area contributed by atoms with E-state index in [2.05, 4.69) is 26.1 Å². The van der Waals surface area contributed by atoms with E-state index in [1.807, 2.05) is 72.8 Å². The van der Waals surface area contributed by atoms with E-state index in [0.717, 1.165) is 53.2 Å². The summed E-state index contributed by atoms with van der Waals surface area (Å²) in [7, 11) is 0. The van der Waals surface area contributed by atoms with Gasteiger partial charge in [-0.2, -0.15) is 0 Å². The van der Waals surface area contributed by atoms with Gasteiger partial charge in [-0.25, -0.2) is 9.59 Å². The van der Waals surface area contributed by atoms with E-state index >= 15 is 0 Å². The summed E-state index contributed by atoms with van der Waals surface area (Å²) in [6.07, 6.45) is 37.8. The first-order valence-electron chi connectivity index (χ1n) is 34.1. The summed E-state index contributed by atoms with van der Waals surface area (Å²) in [5, 5.41) is 2.53. The molecule has 0 fully saturated rings. The van der Waals surface area contributed by atoms with Crippen LogP contribution in [0.25, 0.3) is 0 Å². The van der Waals surface area contributed by atoms with Crippen molar-refractivity contribution in [1.29, 1.82) is 0 Å². The number of ether oxygens (including phenoxy) is 10. The van der Waals surface area contributed by atoms with Gasteiger partial charge in [-0.1, -0.05) is 231 Å². The summed E-state index contributed by atoms with van der Waals surface area (Å²) in [6, 6.07) is 27.2. The fraction of sp³-hybridized carbons (Fsp3) is 0.644. The Morgan fingerprint density at radius 2 is 0.667 bits per heavy atom. The molecule has 0 atom stereocenters. The summed E-state index contributed by atoms with van der Waals surface area (Å²) in [5.74, 6) is 2.86. The molecule has 0 aliphatic heterocycles. The fourth-order valence-electron chi connectivity index (χ4n) is 9.93. The number of benzene rings is 4. The van der Waals surface area contributed by atoms with Crippen LogP contribution in [0.1, 0.15) is 240 Å². The highest BCUT2D eigenvalue weighted by Gasteiger charge is 2.21. The minimum absolute atomic E-state index is 0.00587. The zero-order chi connectivity index (χ0) is 61.7. The molecule has 0 heterocycles. The van der Waals surface area contributed by atoms with Gasteiger partial charge in [-0.3, -0.25) is 0 Å². The van der Waals surface area contributed by atoms with Crippen molar-refractivity contribution in [1.82, 2.24) is 5.32 Å². The van der Waals surface area contributed by atoms with Crippen molar-refractivity contribution in [2.24, 2.45) is 5.73 Å². The number of unbranched alkanes of at least 4 members (excludes halogenated alkanes) is 27. The molecule has 14 heteroatoms. The number of carbonyl (C=O) groups excluding carboxylic acids is 2. The molecule has 0 radical (unpaired) electrons. The summed E-state index contributed by atoms with van der Waals surface area (Å²) in [6.45, 7) is 11.0. The predicted octanol–water partition coefficient (Wildman–Crippen LogP) is 18.2. The number of nitrogens with two attached hydrogens (primary N) is 1. The van der Waals surface area contributed by atoms with Crippen LogP contribution in [0.4, 0.5) is 4.79 Å².